The lowest BCUT2D eigenvalue weighted by atomic mass is 9.84. The summed E-state index contributed by atoms with van der Waals surface area (Å²) in [5.74, 6) is 1.84. The predicted octanol–water partition coefficient (Wildman–Crippen LogP) is 13.4. The SMILES string of the molecule is c1ccc(-c2nc(-c3ccc(-c4cc(-c5ccccc5)c(-c5ccccc5)c(-c5ccccc5)c4)cc3)nc(-c3ccc4oc5ccccc5c4c3)n2)cc1. The number of para-hydroxylation sites is 1. The van der Waals surface area contributed by atoms with Crippen molar-refractivity contribution in [1.82, 2.24) is 15.0 Å². The number of nitrogens with zero attached hydrogens (tertiary/aromatic N) is 3. The molecular weight excluding hydrogens is 671 g/mol. The molecule has 0 radical (unpaired) electrons. The minimum atomic E-state index is 0.608. The van der Waals surface area contributed by atoms with Gasteiger partial charge in [0.1, 0.15) is 11.2 Å². The molecule has 0 bridgehead atoms. The van der Waals surface area contributed by atoms with Crippen molar-refractivity contribution in [3.8, 4) is 78.7 Å². The van der Waals surface area contributed by atoms with Gasteiger partial charge in [-0.05, 0) is 80.9 Å². The molecule has 4 nitrogen and oxygen atoms in total. The predicted molar refractivity (Wildman–Crippen MR) is 225 cm³/mol. The Kier molecular flexibility index (Phi) is 8.12. The average Bonchev–Trinajstić information content (AvgIpc) is 3.65. The Labute approximate surface area is 319 Å². The quantitative estimate of drug-likeness (QED) is 0.166. The van der Waals surface area contributed by atoms with Crippen LogP contribution in [-0.4, -0.2) is 15.0 Å². The van der Waals surface area contributed by atoms with Crippen LogP contribution in [0.2, 0.25) is 0 Å². The highest BCUT2D eigenvalue weighted by Gasteiger charge is 2.18. The van der Waals surface area contributed by atoms with Crippen molar-refractivity contribution >= 4 is 21.9 Å². The van der Waals surface area contributed by atoms with Crippen molar-refractivity contribution in [1.29, 1.82) is 0 Å². The third-order valence-electron chi connectivity index (χ3n) is 10.1. The van der Waals surface area contributed by atoms with E-state index in [4.69, 9.17) is 19.4 Å². The van der Waals surface area contributed by atoms with E-state index < -0.39 is 0 Å². The van der Waals surface area contributed by atoms with Gasteiger partial charge in [0.2, 0.25) is 0 Å². The largest absolute Gasteiger partial charge is 0.456 e. The minimum absolute atomic E-state index is 0.608. The molecule has 0 unspecified atom stereocenters. The zero-order valence-corrected chi connectivity index (χ0v) is 29.8. The molecule has 0 N–H and O–H groups in total. The fraction of sp³-hybridized carbons (Fsp3) is 0. The number of fused-ring (bicyclic) bond motifs is 3. The van der Waals surface area contributed by atoms with E-state index in [0.29, 0.717) is 17.5 Å². The lowest BCUT2D eigenvalue weighted by molar-refractivity contribution is 0.669. The van der Waals surface area contributed by atoms with Crippen LogP contribution in [0.4, 0.5) is 0 Å². The molecule has 0 saturated heterocycles. The number of furan rings is 1. The first-order chi connectivity index (χ1) is 27.2. The van der Waals surface area contributed by atoms with E-state index in [9.17, 15) is 0 Å². The van der Waals surface area contributed by atoms with Gasteiger partial charge in [0, 0.05) is 27.5 Å². The summed E-state index contributed by atoms with van der Waals surface area (Å²) in [4.78, 5) is 15.1. The van der Waals surface area contributed by atoms with E-state index in [-0.39, 0.29) is 0 Å². The van der Waals surface area contributed by atoms with E-state index in [2.05, 4.69) is 140 Å². The first-order valence-corrected chi connectivity index (χ1v) is 18.4. The van der Waals surface area contributed by atoms with E-state index in [0.717, 1.165) is 49.8 Å². The summed E-state index contributed by atoms with van der Waals surface area (Å²) in [6.07, 6.45) is 0. The van der Waals surface area contributed by atoms with Gasteiger partial charge in [0.05, 0.1) is 0 Å². The summed E-state index contributed by atoms with van der Waals surface area (Å²) in [5, 5.41) is 2.10. The second kappa shape index (κ2) is 13.8. The van der Waals surface area contributed by atoms with Crippen LogP contribution in [0.15, 0.2) is 205 Å². The number of benzene rings is 8. The monoisotopic (exact) mass is 703 g/mol. The molecule has 0 fully saturated rings. The molecule has 0 aliphatic carbocycles. The fourth-order valence-electron chi connectivity index (χ4n) is 7.44. The zero-order valence-electron chi connectivity index (χ0n) is 29.8. The van der Waals surface area contributed by atoms with Gasteiger partial charge in [0.25, 0.3) is 0 Å². The summed E-state index contributed by atoms with van der Waals surface area (Å²) in [6.45, 7) is 0. The van der Waals surface area contributed by atoms with Crippen LogP contribution < -0.4 is 0 Å². The van der Waals surface area contributed by atoms with Crippen LogP contribution in [0.5, 0.6) is 0 Å². The van der Waals surface area contributed by atoms with Crippen molar-refractivity contribution in [3.63, 3.8) is 0 Å². The molecule has 0 aliphatic rings. The molecule has 8 aromatic carbocycles. The van der Waals surface area contributed by atoms with Crippen molar-refractivity contribution < 1.29 is 4.42 Å². The summed E-state index contributed by atoms with van der Waals surface area (Å²) in [5.41, 5.74) is 13.8. The lowest BCUT2D eigenvalue weighted by Gasteiger charge is -2.19. The molecular formula is C51H33N3O. The average molecular weight is 704 g/mol. The van der Waals surface area contributed by atoms with Crippen molar-refractivity contribution in [2.24, 2.45) is 0 Å². The Morgan fingerprint density at radius 1 is 0.273 bits per heavy atom. The van der Waals surface area contributed by atoms with E-state index in [1.165, 1.54) is 33.4 Å². The molecule has 2 heterocycles. The van der Waals surface area contributed by atoms with E-state index in [1.807, 2.05) is 60.7 Å². The smallest absolute Gasteiger partial charge is 0.164 e. The third-order valence-corrected chi connectivity index (χ3v) is 10.1. The first-order valence-electron chi connectivity index (χ1n) is 18.4. The summed E-state index contributed by atoms with van der Waals surface area (Å²) in [7, 11) is 0. The third kappa shape index (κ3) is 6.16. The van der Waals surface area contributed by atoms with Crippen LogP contribution >= 0.6 is 0 Å². The molecule has 0 saturated carbocycles. The molecule has 10 rings (SSSR count). The normalized spacial score (nSPS) is 11.3. The second-order valence-electron chi connectivity index (χ2n) is 13.6. The highest BCUT2D eigenvalue weighted by atomic mass is 16.3. The van der Waals surface area contributed by atoms with E-state index in [1.54, 1.807) is 0 Å². The van der Waals surface area contributed by atoms with Gasteiger partial charge >= 0.3 is 0 Å². The second-order valence-corrected chi connectivity index (χ2v) is 13.6. The molecule has 0 atom stereocenters. The van der Waals surface area contributed by atoms with Crippen LogP contribution in [-0.2, 0) is 0 Å². The Hall–Kier alpha value is -7.43. The Morgan fingerprint density at radius 3 is 1.27 bits per heavy atom. The van der Waals surface area contributed by atoms with Crippen LogP contribution in [0.1, 0.15) is 0 Å². The molecule has 2 aromatic heterocycles. The molecule has 10 aromatic rings. The van der Waals surface area contributed by atoms with Gasteiger partial charge < -0.3 is 4.42 Å². The lowest BCUT2D eigenvalue weighted by Crippen LogP contribution is -2.00. The first kappa shape index (κ1) is 32.2. The molecule has 258 valence electrons. The van der Waals surface area contributed by atoms with Gasteiger partial charge in [-0.25, -0.2) is 15.0 Å². The topological polar surface area (TPSA) is 51.8 Å². The Bertz CT molecular complexity index is 2880. The Balaban J connectivity index is 1.11. The number of rotatable bonds is 7. The highest BCUT2D eigenvalue weighted by molar-refractivity contribution is 6.06. The van der Waals surface area contributed by atoms with Gasteiger partial charge in [-0.3, -0.25) is 0 Å². The number of hydrogen-bond acceptors (Lipinski definition) is 4. The molecule has 0 aliphatic heterocycles. The van der Waals surface area contributed by atoms with Gasteiger partial charge in [-0.1, -0.05) is 164 Å². The van der Waals surface area contributed by atoms with Crippen LogP contribution in [0.25, 0.3) is 101 Å². The van der Waals surface area contributed by atoms with Gasteiger partial charge in [0.15, 0.2) is 17.5 Å². The highest BCUT2D eigenvalue weighted by Crippen LogP contribution is 2.43. The molecule has 0 amide bonds. The number of aromatic nitrogens is 3. The number of hydrogen-bond donors (Lipinski definition) is 0. The van der Waals surface area contributed by atoms with Crippen LogP contribution in [0.3, 0.4) is 0 Å². The van der Waals surface area contributed by atoms with E-state index >= 15 is 0 Å². The van der Waals surface area contributed by atoms with Crippen molar-refractivity contribution in [2.45, 2.75) is 0 Å². The maximum atomic E-state index is 6.12. The fourth-order valence-corrected chi connectivity index (χ4v) is 7.44. The van der Waals surface area contributed by atoms with Gasteiger partial charge in [-0.2, -0.15) is 0 Å². The summed E-state index contributed by atoms with van der Waals surface area (Å²) < 4.78 is 6.12. The standard InChI is InChI=1S/C51H33N3O/c1-5-15-35(16-6-1)43-32-41(33-44(36-17-7-2-8-18-36)48(43)37-19-9-3-10-20-37)34-25-27-39(28-26-34)50-52-49(38-21-11-4-12-22-38)53-51(54-50)40-29-30-47-45(31-40)42-23-13-14-24-46(42)55-47/h1-33H. The maximum absolute atomic E-state index is 6.12. The van der Waals surface area contributed by atoms with Crippen molar-refractivity contribution in [2.75, 3.05) is 0 Å². The van der Waals surface area contributed by atoms with Crippen LogP contribution in [0, 0.1) is 0 Å². The minimum Gasteiger partial charge on any atom is -0.456 e. The summed E-state index contributed by atoms with van der Waals surface area (Å²) >= 11 is 0. The Morgan fingerprint density at radius 2 is 0.691 bits per heavy atom. The summed E-state index contributed by atoms with van der Waals surface area (Å²) in [6, 6.07) is 69.6. The van der Waals surface area contributed by atoms with Crippen molar-refractivity contribution in [3.05, 3.63) is 200 Å². The molecule has 0 spiro atoms. The molecule has 4 heteroatoms. The molecule has 55 heavy (non-hydrogen) atoms. The van der Waals surface area contributed by atoms with Gasteiger partial charge in [-0.15, -0.1) is 0 Å². The zero-order chi connectivity index (χ0) is 36.6. The maximum Gasteiger partial charge on any atom is 0.164 e.